The summed E-state index contributed by atoms with van der Waals surface area (Å²) in [6.45, 7) is 4.37. The van der Waals surface area contributed by atoms with Gasteiger partial charge < -0.3 is 15.4 Å². The zero-order valence-electron chi connectivity index (χ0n) is 15.6. The fourth-order valence-corrected chi connectivity index (χ4v) is 4.01. The fourth-order valence-electron chi connectivity index (χ4n) is 2.26. The maximum atomic E-state index is 12.3. The van der Waals surface area contributed by atoms with E-state index in [1.54, 1.807) is 29.5 Å². The van der Waals surface area contributed by atoms with Gasteiger partial charge in [0, 0.05) is 26.7 Å². The largest absolute Gasteiger partial charge is 0.383 e. The summed E-state index contributed by atoms with van der Waals surface area (Å²) >= 11 is 1.64. The predicted octanol–water partition coefficient (Wildman–Crippen LogP) is 1.93. The third kappa shape index (κ3) is 7.30. The van der Waals surface area contributed by atoms with Gasteiger partial charge in [-0.2, -0.15) is 11.3 Å². The maximum Gasteiger partial charge on any atom is 0.240 e. The van der Waals surface area contributed by atoms with Crippen LogP contribution in [0.4, 0.5) is 0 Å². The van der Waals surface area contributed by atoms with Crippen LogP contribution >= 0.6 is 11.3 Å². The van der Waals surface area contributed by atoms with Crippen LogP contribution in [0.3, 0.4) is 0 Å². The molecule has 27 heavy (non-hydrogen) atoms. The van der Waals surface area contributed by atoms with Gasteiger partial charge in [-0.1, -0.05) is 12.1 Å². The van der Waals surface area contributed by atoms with E-state index in [9.17, 15) is 8.42 Å². The highest BCUT2D eigenvalue weighted by Crippen LogP contribution is 2.11. The zero-order valence-corrected chi connectivity index (χ0v) is 17.2. The maximum absolute atomic E-state index is 12.3. The number of guanidine groups is 1. The monoisotopic (exact) mass is 410 g/mol. The van der Waals surface area contributed by atoms with Gasteiger partial charge in [0.05, 0.1) is 18.0 Å². The summed E-state index contributed by atoms with van der Waals surface area (Å²) in [4.78, 5) is 4.78. The van der Waals surface area contributed by atoms with Crippen molar-refractivity contribution in [1.29, 1.82) is 0 Å². The number of benzene rings is 1. The number of hydrogen-bond acceptors (Lipinski definition) is 5. The normalized spacial score (nSPS) is 12.1. The summed E-state index contributed by atoms with van der Waals surface area (Å²) in [6.07, 6.45) is 0. The number of sulfonamides is 1. The quantitative estimate of drug-likeness (QED) is 0.316. The molecule has 2 aromatic rings. The van der Waals surface area contributed by atoms with E-state index in [0.29, 0.717) is 25.7 Å². The topological polar surface area (TPSA) is 91.8 Å². The molecule has 0 saturated heterocycles. The first-order chi connectivity index (χ1) is 13.0. The van der Waals surface area contributed by atoms with Crippen LogP contribution in [0.15, 0.2) is 51.0 Å². The minimum absolute atomic E-state index is 0.234. The number of nitrogens with zero attached hydrogens (tertiary/aromatic N) is 1. The smallest absolute Gasteiger partial charge is 0.240 e. The molecule has 2 rings (SSSR count). The van der Waals surface area contributed by atoms with Gasteiger partial charge in [0.2, 0.25) is 10.0 Å². The molecule has 148 valence electrons. The Balaban J connectivity index is 2.00. The lowest BCUT2D eigenvalue weighted by Gasteiger charge is -2.12. The summed E-state index contributed by atoms with van der Waals surface area (Å²) < 4.78 is 32.0. The molecular weight excluding hydrogens is 384 g/mol. The minimum Gasteiger partial charge on any atom is -0.383 e. The second-order valence-corrected chi connectivity index (χ2v) is 8.27. The van der Waals surface area contributed by atoms with E-state index in [4.69, 9.17) is 4.74 Å². The van der Waals surface area contributed by atoms with Crippen LogP contribution in [-0.4, -0.2) is 41.2 Å². The Labute approximate surface area is 164 Å². The zero-order chi connectivity index (χ0) is 19.5. The van der Waals surface area contributed by atoms with Gasteiger partial charge in [-0.05, 0) is 47.0 Å². The van der Waals surface area contributed by atoms with Gasteiger partial charge in [0.1, 0.15) is 0 Å². The summed E-state index contributed by atoms with van der Waals surface area (Å²) in [5.74, 6) is 0.690. The molecule has 1 aromatic carbocycles. The number of rotatable bonds is 10. The number of methoxy groups -OCH3 is 1. The van der Waals surface area contributed by atoms with Gasteiger partial charge in [-0.15, -0.1) is 0 Å². The molecule has 0 fully saturated rings. The van der Waals surface area contributed by atoms with Crippen molar-refractivity contribution in [1.82, 2.24) is 15.4 Å². The van der Waals surface area contributed by atoms with Gasteiger partial charge >= 0.3 is 0 Å². The molecule has 1 heterocycles. The van der Waals surface area contributed by atoms with E-state index in [1.807, 2.05) is 24.4 Å². The number of ether oxygens (including phenoxy) is 1. The predicted molar refractivity (Wildman–Crippen MR) is 109 cm³/mol. The fraction of sp³-hybridized carbons (Fsp3) is 0.389. The van der Waals surface area contributed by atoms with Crippen molar-refractivity contribution in [2.24, 2.45) is 4.99 Å². The number of hydrogen-bond donors (Lipinski definition) is 3. The molecule has 0 amide bonds. The van der Waals surface area contributed by atoms with Gasteiger partial charge in [-0.25, -0.2) is 18.1 Å². The van der Waals surface area contributed by atoms with Crippen LogP contribution in [0.2, 0.25) is 0 Å². The average molecular weight is 411 g/mol. The Bertz CT molecular complexity index is 821. The minimum atomic E-state index is -3.55. The van der Waals surface area contributed by atoms with Crippen molar-refractivity contribution in [3.05, 3.63) is 52.2 Å². The van der Waals surface area contributed by atoms with Crippen molar-refractivity contribution in [3.8, 4) is 0 Å². The summed E-state index contributed by atoms with van der Waals surface area (Å²) in [5, 5.41) is 10.5. The molecule has 1 aromatic heterocycles. The molecule has 0 aliphatic carbocycles. The Morgan fingerprint density at radius 3 is 2.78 bits per heavy atom. The number of nitrogens with one attached hydrogen (secondary N) is 3. The van der Waals surface area contributed by atoms with Crippen molar-refractivity contribution in [3.63, 3.8) is 0 Å². The van der Waals surface area contributed by atoms with Crippen molar-refractivity contribution >= 4 is 27.3 Å². The lowest BCUT2D eigenvalue weighted by molar-refractivity contribution is 0.204. The molecule has 0 saturated carbocycles. The molecule has 0 spiro atoms. The molecular formula is C18H26N4O3S2. The average Bonchev–Trinajstić information content (AvgIpc) is 3.18. The molecule has 0 aliphatic heterocycles. The lowest BCUT2D eigenvalue weighted by atomic mass is 10.2. The van der Waals surface area contributed by atoms with Crippen LogP contribution in [0.1, 0.15) is 18.1 Å². The molecule has 3 N–H and O–H groups in total. The van der Waals surface area contributed by atoms with Crippen molar-refractivity contribution in [2.75, 3.05) is 26.8 Å². The van der Waals surface area contributed by atoms with E-state index >= 15 is 0 Å². The van der Waals surface area contributed by atoms with E-state index in [1.165, 1.54) is 7.11 Å². The van der Waals surface area contributed by atoms with Crippen LogP contribution in [0, 0.1) is 0 Å². The molecule has 7 nitrogen and oxygen atoms in total. The van der Waals surface area contributed by atoms with Crippen molar-refractivity contribution in [2.45, 2.75) is 24.9 Å². The van der Waals surface area contributed by atoms with E-state index in [-0.39, 0.29) is 11.4 Å². The Kier molecular flexibility index (Phi) is 8.73. The molecule has 0 atom stereocenters. The van der Waals surface area contributed by atoms with Crippen LogP contribution in [0.5, 0.6) is 0 Å². The molecule has 9 heteroatoms. The number of thiophene rings is 1. The molecule has 0 aliphatic rings. The number of aliphatic imine (C=N–C) groups is 1. The SMILES string of the molecule is CCNC(=NCc1ccsc1)NCc1cccc(S(=O)(=O)NCCOC)c1. The van der Waals surface area contributed by atoms with Crippen molar-refractivity contribution < 1.29 is 13.2 Å². The van der Waals surface area contributed by atoms with E-state index < -0.39 is 10.0 Å². The summed E-state index contributed by atoms with van der Waals surface area (Å²) in [6, 6.07) is 8.89. The third-order valence-electron chi connectivity index (χ3n) is 3.61. The summed E-state index contributed by atoms with van der Waals surface area (Å²) in [7, 11) is -2.02. The standard InChI is InChI=1S/C18H26N4O3S2/c1-3-19-18(21-13-16-7-10-26-14-16)20-12-15-5-4-6-17(11-15)27(23,24)22-8-9-25-2/h4-7,10-11,14,22H,3,8-9,12-13H2,1-2H3,(H2,19,20,21). The first-order valence-corrected chi connectivity index (χ1v) is 11.1. The Morgan fingerprint density at radius 2 is 2.07 bits per heavy atom. The Hall–Kier alpha value is -1.94. The van der Waals surface area contributed by atoms with E-state index in [0.717, 1.165) is 17.7 Å². The second-order valence-electron chi connectivity index (χ2n) is 5.72. The molecule has 0 radical (unpaired) electrons. The first-order valence-electron chi connectivity index (χ1n) is 8.66. The van der Waals surface area contributed by atoms with E-state index in [2.05, 4.69) is 25.7 Å². The second kappa shape index (κ2) is 11.0. The molecule has 0 bridgehead atoms. The Morgan fingerprint density at radius 1 is 1.22 bits per heavy atom. The van der Waals surface area contributed by atoms with Crippen LogP contribution in [0.25, 0.3) is 0 Å². The highest BCUT2D eigenvalue weighted by molar-refractivity contribution is 7.89. The van der Waals surface area contributed by atoms with Gasteiger partial charge in [0.15, 0.2) is 5.96 Å². The van der Waals surface area contributed by atoms with Crippen LogP contribution < -0.4 is 15.4 Å². The lowest BCUT2D eigenvalue weighted by Crippen LogP contribution is -2.36. The summed E-state index contributed by atoms with van der Waals surface area (Å²) in [5.41, 5.74) is 2.01. The van der Waals surface area contributed by atoms with Gasteiger partial charge in [0.25, 0.3) is 0 Å². The van der Waals surface area contributed by atoms with Crippen LogP contribution in [-0.2, 0) is 27.8 Å². The first kappa shape index (κ1) is 21.4. The highest BCUT2D eigenvalue weighted by Gasteiger charge is 2.13. The molecule has 0 unspecified atom stereocenters. The van der Waals surface area contributed by atoms with Gasteiger partial charge in [-0.3, -0.25) is 0 Å². The highest BCUT2D eigenvalue weighted by atomic mass is 32.2. The third-order valence-corrected chi connectivity index (χ3v) is 5.80.